The lowest BCUT2D eigenvalue weighted by Crippen LogP contribution is -2.35. The van der Waals surface area contributed by atoms with Crippen molar-refractivity contribution in [2.75, 3.05) is 26.4 Å². The molecular formula is C14H19NO6. The van der Waals surface area contributed by atoms with Gasteiger partial charge in [0, 0.05) is 6.54 Å². The van der Waals surface area contributed by atoms with Gasteiger partial charge in [-0.05, 0) is 5.56 Å². The predicted octanol–water partition coefficient (Wildman–Crippen LogP) is 0.175. The van der Waals surface area contributed by atoms with Gasteiger partial charge in [-0.15, -0.1) is 0 Å². The SMILES string of the molecule is NCCOCCOC(C(=O)O)C(=O)OCc1ccccc1. The van der Waals surface area contributed by atoms with Crippen molar-refractivity contribution in [2.45, 2.75) is 12.7 Å². The van der Waals surface area contributed by atoms with Gasteiger partial charge < -0.3 is 25.1 Å². The number of hydrogen-bond donors (Lipinski definition) is 2. The quantitative estimate of drug-likeness (QED) is 0.360. The van der Waals surface area contributed by atoms with Gasteiger partial charge >= 0.3 is 11.9 Å². The molecule has 0 bridgehead atoms. The molecule has 116 valence electrons. The van der Waals surface area contributed by atoms with Gasteiger partial charge in [0.15, 0.2) is 0 Å². The molecular weight excluding hydrogens is 278 g/mol. The molecule has 1 unspecified atom stereocenters. The number of aliphatic carboxylic acids is 1. The molecule has 1 aromatic rings. The Morgan fingerprint density at radius 2 is 1.86 bits per heavy atom. The van der Waals surface area contributed by atoms with Crippen LogP contribution >= 0.6 is 0 Å². The van der Waals surface area contributed by atoms with Crippen LogP contribution in [0.2, 0.25) is 0 Å². The van der Waals surface area contributed by atoms with E-state index >= 15 is 0 Å². The molecule has 21 heavy (non-hydrogen) atoms. The molecule has 0 heterocycles. The zero-order chi connectivity index (χ0) is 15.5. The highest BCUT2D eigenvalue weighted by Crippen LogP contribution is 2.04. The molecule has 7 nitrogen and oxygen atoms in total. The van der Waals surface area contributed by atoms with Crippen LogP contribution in [0.1, 0.15) is 5.56 Å². The Morgan fingerprint density at radius 3 is 2.48 bits per heavy atom. The average molecular weight is 297 g/mol. The summed E-state index contributed by atoms with van der Waals surface area (Å²) in [4.78, 5) is 22.7. The van der Waals surface area contributed by atoms with Crippen LogP contribution in [0, 0.1) is 0 Å². The van der Waals surface area contributed by atoms with Crippen LogP contribution in [0.4, 0.5) is 0 Å². The molecule has 1 atom stereocenters. The van der Waals surface area contributed by atoms with E-state index in [-0.39, 0.29) is 19.8 Å². The molecule has 7 heteroatoms. The molecule has 0 saturated carbocycles. The summed E-state index contributed by atoms with van der Waals surface area (Å²) in [6.45, 7) is 0.835. The summed E-state index contributed by atoms with van der Waals surface area (Å²) >= 11 is 0. The topological polar surface area (TPSA) is 108 Å². The van der Waals surface area contributed by atoms with E-state index in [9.17, 15) is 9.59 Å². The van der Waals surface area contributed by atoms with Crippen LogP contribution in [0.15, 0.2) is 30.3 Å². The standard InChI is InChI=1S/C14H19NO6/c15-6-7-19-8-9-20-12(13(16)17)14(18)21-10-11-4-2-1-3-5-11/h1-5,12H,6-10,15H2,(H,16,17). The van der Waals surface area contributed by atoms with Crippen LogP contribution in [-0.2, 0) is 30.4 Å². The number of carboxylic acid groups (broad SMARTS) is 1. The van der Waals surface area contributed by atoms with E-state index in [1.807, 2.05) is 6.07 Å². The average Bonchev–Trinajstić information content (AvgIpc) is 2.49. The van der Waals surface area contributed by atoms with E-state index in [4.69, 9.17) is 25.1 Å². The summed E-state index contributed by atoms with van der Waals surface area (Å²) in [5.41, 5.74) is 5.99. The summed E-state index contributed by atoms with van der Waals surface area (Å²) in [5, 5.41) is 8.96. The summed E-state index contributed by atoms with van der Waals surface area (Å²) in [7, 11) is 0. The Kier molecular flexibility index (Phi) is 8.03. The largest absolute Gasteiger partial charge is 0.479 e. The maximum atomic E-state index is 11.7. The number of carbonyl (C=O) groups excluding carboxylic acids is 1. The number of carboxylic acids is 1. The zero-order valence-corrected chi connectivity index (χ0v) is 11.6. The summed E-state index contributed by atoms with van der Waals surface area (Å²) in [5.74, 6) is -2.34. The second-order valence-corrected chi connectivity index (χ2v) is 4.08. The molecule has 0 radical (unpaired) electrons. The summed E-state index contributed by atoms with van der Waals surface area (Å²) < 4.78 is 14.9. The molecule has 0 saturated heterocycles. The molecule has 0 aliphatic heterocycles. The van der Waals surface area contributed by atoms with Crippen LogP contribution in [0.3, 0.4) is 0 Å². The smallest absolute Gasteiger partial charge is 0.347 e. The van der Waals surface area contributed by atoms with Gasteiger partial charge in [-0.1, -0.05) is 30.3 Å². The lowest BCUT2D eigenvalue weighted by molar-refractivity contribution is -0.171. The van der Waals surface area contributed by atoms with E-state index in [2.05, 4.69) is 0 Å². The van der Waals surface area contributed by atoms with E-state index in [0.717, 1.165) is 5.56 Å². The molecule has 0 fully saturated rings. The minimum Gasteiger partial charge on any atom is -0.479 e. The first-order valence-electron chi connectivity index (χ1n) is 6.48. The molecule has 1 rings (SSSR count). The normalized spacial score (nSPS) is 11.9. The Balaban J connectivity index is 2.37. The fourth-order valence-corrected chi connectivity index (χ4v) is 1.45. The fourth-order valence-electron chi connectivity index (χ4n) is 1.45. The third-order valence-electron chi connectivity index (χ3n) is 2.44. The highest BCUT2D eigenvalue weighted by Gasteiger charge is 2.28. The first-order chi connectivity index (χ1) is 10.1. The highest BCUT2D eigenvalue weighted by molar-refractivity contribution is 5.97. The maximum Gasteiger partial charge on any atom is 0.347 e. The minimum atomic E-state index is -1.66. The summed E-state index contributed by atoms with van der Waals surface area (Å²) in [6.07, 6.45) is -1.66. The third-order valence-corrected chi connectivity index (χ3v) is 2.44. The van der Waals surface area contributed by atoms with Gasteiger partial charge in [-0.3, -0.25) is 0 Å². The second-order valence-electron chi connectivity index (χ2n) is 4.08. The Morgan fingerprint density at radius 1 is 1.14 bits per heavy atom. The predicted molar refractivity (Wildman–Crippen MR) is 73.5 cm³/mol. The Labute approximate surface area is 122 Å². The monoisotopic (exact) mass is 297 g/mol. The van der Waals surface area contributed by atoms with Crippen LogP contribution in [0.5, 0.6) is 0 Å². The number of esters is 1. The zero-order valence-electron chi connectivity index (χ0n) is 11.6. The van der Waals surface area contributed by atoms with E-state index in [1.54, 1.807) is 24.3 Å². The van der Waals surface area contributed by atoms with Gasteiger partial charge in [0.1, 0.15) is 6.61 Å². The number of nitrogens with two attached hydrogens (primary N) is 1. The van der Waals surface area contributed by atoms with Crippen LogP contribution in [-0.4, -0.2) is 49.5 Å². The van der Waals surface area contributed by atoms with Crippen molar-refractivity contribution in [3.8, 4) is 0 Å². The lowest BCUT2D eigenvalue weighted by Gasteiger charge is -2.13. The number of hydrogen-bond acceptors (Lipinski definition) is 6. The van der Waals surface area contributed by atoms with E-state index in [1.165, 1.54) is 0 Å². The molecule has 0 aromatic heterocycles. The fraction of sp³-hybridized carbons (Fsp3) is 0.429. The molecule has 0 spiro atoms. The third kappa shape index (κ3) is 6.84. The molecule has 0 amide bonds. The number of benzene rings is 1. The number of carbonyl (C=O) groups is 2. The highest BCUT2D eigenvalue weighted by atomic mass is 16.6. The van der Waals surface area contributed by atoms with Gasteiger partial charge in [0.25, 0.3) is 6.10 Å². The van der Waals surface area contributed by atoms with Gasteiger partial charge in [-0.25, -0.2) is 9.59 Å². The van der Waals surface area contributed by atoms with Crippen molar-refractivity contribution in [3.05, 3.63) is 35.9 Å². The van der Waals surface area contributed by atoms with Crippen LogP contribution in [0.25, 0.3) is 0 Å². The minimum absolute atomic E-state index is 0.00349. The Bertz CT molecular complexity index is 436. The van der Waals surface area contributed by atoms with Crippen molar-refractivity contribution in [1.82, 2.24) is 0 Å². The Hall–Kier alpha value is -1.96. The number of rotatable bonds is 10. The molecule has 0 aliphatic carbocycles. The van der Waals surface area contributed by atoms with Crippen molar-refractivity contribution in [1.29, 1.82) is 0 Å². The van der Waals surface area contributed by atoms with E-state index in [0.29, 0.717) is 13.2 Å². The van der Waals surface area contributed by atoms with Crippen molar-refractivity contribution in [2.24, 2.45) is 5.73 Å². The van der Waals surface area contributed by atoms with E-state index < -0.39 is 18.0 Å². The van der Waals surface area contributed by atoms with Crippen molar-refractivity contribution in [3.63, 3.8) is 0 Å². The van der Waals surface area contributed by atoms with Crippen LogP contribution < -0.4 is 5.73 Å². The first-order valence-corrected chi connectivity index (χ1v) is 6.48. The second kappa shape index (κ2) is 9.87. The molecule has 3 N–H and O–H groups in total. The van der Waals surface area contributed by atoms with Gasteiger partial charge in [0.05, 0.1) is 19.8 Å². The molecule has 0 aliphatic rings. The summed E-state index contributed by atoms with van der Waals surface area (Å²) in [6, 6.07) is 8.96. The molecule has 1 aromatic carbocycles. The maximum absolute atomic E-state index is 11.7. The first kappa shape index (κ1) is 17.1. The van der Waals surface area contributed by atoms with Crippen molar-refractivity contribution < 1.29 is 28.9 Å². The van der Waals surface area contributed by atoms with Gasteiger partial charge in [-0.2, -0.15) is 0 Å². The van der Waals surface area contributed by atoms with Crippen molar-refractivity contribution >= 4 is 11.9 Å². The lowest BCUT2D eigenvalue weighted by atomic mass is 10.2. The van der Waals surface area contributed by atoms with Gasteiger partial charge in [0.2, 0.25) is 0 Å². The number of ether oxygens (including phenoxy) is 3.